The van der Waals surface area contributed by atoms with Crippen LogP contribution in [-0.2, 0) is 9.47 Å². The molecule has 1 fully saturated rings. The number of nitrogens with zero attached hydrogens (tertiary/aromatic N) is 1. The van der Waals surface area contributed by atoms with Gasteiger partial charge in [0.05, 0.1) is 0 Å². The molecule has 0 aromatic heterocycles. The zero-order valence-electron chi connectivity index (χ0n) is 14.1. The maximum absolute atomic E-state index is 12.2. The van der Waals surface area contributed by atoms with E-state index in [-0.39, 0.29) is 24.8 Å². The topological polar surface area (TPSA) is 93.9 Å². The van der Waals surface area contributed by atoms with Gasteiger partial charge in [-0.3, -0.25) is 0 Å². The van der Waals surface area contributed by atoms with Crippen molar-refractivity contribution in [2.45, 2.75) is 64.6 Å². The predicted molar refractivity (Wildman–Crippen MR) is 83.6 cm³/mol. The molecule has 0 aliphatic carbocycles. The summed E-state index contributed by atoms with van der Waals surface area (Å²) in [5, 5.41) is 3.26. The lowest BCUT2D eigenvalue weighted by molar-refractivity contribution is 0.0214. The molecule has 3 N–H and O–H groups in total. The summed E-state index contributed by atoms with van der Waals surface area (Å²) in [5.74, 6) is 0. The Kier molecular flexibility index (Phi) is 6.93. The molecule has 0 bridgehead atoms. The average molecular weight is 315 g/mol. The Balaban J connectivity index is 2.36. The van der Waals surface area contributed by atoms with E-state index >= 15 is 0 Å². The van der Waals surface area contributed by atoms with Gasteiger partial charge in [0.2, 0.25) is 0 Å². The molecular weight excluding hydrogens is 286 g/mol. The third-order valence-corrected chi connectivity index (χ3v) is 3.47. The Bertz CT molecular complexity index is 381. The minimum Gasteiger partial charge on any atom is -0.448 e. The largest absolute Gasteiger partial charge is 0.448 e. The molecule has 1 aliphatic heterocycles. The molecule has 128 valence electrons. The van der Waals surface area contributed by atoms with Gasteiger partial charge >= 0.3 is 12.2 Å². The molecule has 2 unspecified atom stereocenters. The Morgan fingerprint density at radius 2 is 2.09 bits per heavy atom. The Morgan fingerprint density at radius 3 is 2.68 bits per heavy atom. The minimum atomic E-state index is -0.763. The quantitative estimate of drug-likeness (QED) is 0.730. The zero-order chi connectivity index (χ0) is 16.8. The van der Waals surface area contributed by atoms with Gasteiger partial charge in [0.25, 0.3) is 0 Å². The highest BCUT2D eigenvalue weighted by atomic mass is 16.6. The van der Waals surface area contributed by atoms with E-state index in [1.54, 1.807) is 0 Å². The number of nitrogens with two attached hydrogens (primary N) is 1. The van der Waals surface area contributed by atoms with Gasteiger partial charge in [0.1, 0.15) is 12.2 Å². The van der Waals surface area contributed by atoms with E-state index in [1.165, 1.54) is 0 Å². The van der Waals surface area contributed by atoms with Crippen LogP contribution in [0.25, 0.3) is 0 Å². The molecule has 2 amide bonds. The van der Waals surface area contributed by atoms with Gasteiger partial charge in [-0.25, -0.2) is 9.59 Å². The van der Waals surface area contributed by atoms with E-state index in [0.717, 1.165) is 25.8 Å². The van der Waals surface area contributed by atoms with Crippen molar-refractivity contribution in [3.8, 4) is 0 Å². The van der Waals surface area contributed by atoms with Crippen molar-refractivity contribution in [2.75, 3.05) is 19.7 Å². The molecule has 1 aliphatic rings. The second-order valence-corrected chi connectivity index (χ2v) is 6.73. The molecule has 22 heavy (non-hydrogen) atoms. The van der Waals surface area contributed by atoms with Crippen LogP contribution in [0.3, 0.4) is 0 Å². The number of carbonyl (C=O) groups excluding carboxylic acids is 2. The third-order valence-electron chi connectivity index (χ3n) is 3.47. The normalized spacial score (nSPS) is 19.8. The monoisotopic (exact) mass is 315 g/mol. The number of rotatable bonds is 6. The highest BCUT2D eigenvalue weighted by molar-refractivity contribution is 5.69. The number of ether oxygens (including phenoxy) is 2. The first-order chi connectivity index (χ1) is 10.2. The Hall–Kier alpha value is -1.50. The van der Waals surface area contributed by atoms with Crippen LogP contribution in [0.1, 0.15) is 47.0 Å². The van der Waals surface area contributed by atoms with Crippen LogP contribution in [0.5, 0.6) is 0 Å². The zero-order valence-corrected chi connectivity index (χ0v) is 14.1. The molecular formula is C15H29N3O4. The van der Waals surface area contributed by atoms with Crippen LogP contribution >= 0.6 is 0 Å². The number of hydrogen-bond acceptors (Lipinski definition) is 5. The average Bonchev–Trinajstić information content (AvgIpc) is 2.80. The molecule has 0 aromatic rings. The fourth-order valence-electron chi connectivity index (χ4n) is 2.59. The van der Waals surface area contributed by atoms with Crippen molar-refractivity contribution in [1.29, 1.82) is 0 Å². The van der Waals surface area contributed by atoms with Crippen molar-refractivity contribution < 1.29 is 19.1 Å². The Labute approximate surface area is 132 Å². The summed E-state index contributed by atoms with van der Waals surface area (Å²) < 4.78 is 10.1. The summed E-state index contributed by atoms with van der Waals surface area (Å²) in [6.45, 7) is 9.22. The summed E-state index contributed by atoms with van der Waals surface area (Å²) in [5.41, 5.74) is 4.42. The molecule has 1 rings (SSSR count). The van der Waals surface area contributed by atoms with Crippen molar-refractivity contribution in [2.24, 2.45) is 5.73 Å². The molecule has 1 saturated heterocycles. The van der Waals surface area contributed by atoms with E-state index in [1.807, 2.05) is 25.7 Å². The number of carbonyl (C=O) groups is 2. The van der Waals surface area contributed by atoms with E-state index < -0.39 is 11.7 Å². The summed E-state index contributed by atoms with van der Waals surface area (Å²) >= 11 is 0. The lowest BCUT2D eigenvalue weighted by atomic mass is 10.1. The van der Waals surface area contributed by atoms with E-state index in [0.29, 0.717) is 6.54 Å². The van der Waals surface area contributed by atoms with Gasteiger partial charge in [0, 0.05) is 25.2 Å². The second-order valence-electron chi connectivity index (χ2n) is 6.73. The maximum Gasteiger partial charge on any atom is 0.410 e. The van der Waals surface area contributed by atoms with Crippen molar-refractivity contribution in [3.63, 3.8) is 0 Å². The molecule has 1 heterocycles. The lowest BCUT2D eigenvalue weighted by Gasteiger charge is -2.30. The molecule has 2 atom stereocenters. The highest BCUT2D eigenvalue weighted by Crippen LogP contribution is 2.23. The van der Waals surface area contributed by atoms with Crippen LogP contribution in [0.15, 0.2) is 0 Å². The standard InChI is InChI=1S/C15H29N3O4/c1-11(17-7-9-21-13(16)19)10-12-6-5-8-18(12)14(20)22-15(2,3)4/h11-12,17H,5-10H2,1-4H3,(H2,16,19). The van der Waals surface area contributed by atoms with Gasteiger partial charge < -0.3 is 25.4 Å². The number of nitrogens with one attached hydrogen (secondary N) is 1. The van der Waals surface area contributed by atoms with Crippen LogP contribution in [0.4, 0.5) is 9.59 Å². The Morgan fingerprint density at radius 1 is 1.41 bits per heavy atom. The second kappa shape index (κ2) is 8.22. The highest BCUT2D eigenvalue weighted by Gasteiger charge is 2.32. The van der Waals surface area contributed by atoms with Gasteiger partial charge in [-0.1, -0.05) is 0 Å². The first kappa shape index (κ1) is 18.5. The van der Waals surface area contributed by atoms with Gasteiger partial charge in [-0.05, 0) is 47.0 Å². The van der Waals surface area contributed by atoms with Crippen molar-refractivity contribution >= 4 is 12.2 Å². The molecule has 7 nitrogen and oxygen atoms in total. The number of primary amides is 1. The fraction of sp³-hybridized carbons (Fsp3) is 0.867. The summed E-state index contributed by atoms with van der Waals surface area (Å²) in [6.07, 6.45) is 1.83. The molecule has 0 aromatic carbocycles. The predicted octanol–water partition coefficient (Wildman–Crippen LogP) is 1.85. The van der Waals surface area contributed by atoms with Crippen LogP contribution < -0.4 is 11.1 Å². The van der Waals surface area contributed by atoms with E-state index in [2.05, 4.69) is 17.0 Å². The SMILES string of the molecule is CC(CC1CCCN1C(=O)OC(C)(C)C)NCCOC(N)=O. The first-order valence-electron chi connectivity index (χ1n) is 7.84. The maximum atomic E-state index is 12.2. The van der Waals surface area contributed by atoms with Crippen LogP contribution in [0, 0.1) is 0 Å². The van der Waals surface area contributed by atoms with E-state index in [4.69, 9.17) is 10.5 Å². The molecule has 7 heteroatoms. The fourth-order valence-corrected chi connectivity index (χ4v) is 2.59. The summed E-state index contributed by atoms with van der Waals surface area (Å²) in [7, 11) is 0. The molecule has 0 radical (unpaired) electrons. The first-order valence-corrected chi connectivity index (χ1v) is 7.84. The van der Waals surface area contributed by atoms with Crippen molar-refractivity contribution in [3.05, 3.63) is 0 Å². The number of likely N-dealkylation sites (tertiary alicyclic amines) is 1. The smallest absolute Gasteiger partial charge is 0.410 e. The van der Waals surface area contributed by atoms with Gasteiger partial charge in [-0.2, -0.15) is 0 Å². The van der Waals surface area contributed by atoms with Gasteiger partial charge in [-0.15, -0.1) is 0 Å². The third kappa shape index (κ3) is 6.98. The number of amides is 2. The minimum absolute atomic E-state index is 0.189. The summed E-state index contributed by atoms with van der Waals surface area (Å²) in [6, 6.07) is 0.402. The summed E-state index contributed by atoms with van der Waals surface area (Å²) in [4.78, 5) is 24.5. The van der Waals surface area contributed by atoms with Crippen molar-refractivity contribution in [1.82, 2.24) is 10.2 Å². The van der Waals surface area contributed by atoms with E-state index in [9.17, 15) is 9.59 Å². The lowest BCUT2D eigenvalue weighted by Crippen LogP contribution is -2.43. The van der Waals surface area contributed by atoms with Gasteiger partial charge in [0.15, 0.2) is 0 Å². The molecule has 0 saturated carbocycles. The van der Waals surface area contributed by atoms with Crippen LogP contribution in [-0.4, -0.2) is 54.5 Å². The van der Waals surface area contributed by atoms with Crippen LogP contribution in [0.2, 0.25) is 0 Å². The number of hydrogen-bond donors (Lipinski definition) is 2. The molecule has 0 spiro atoms.